The summed E-state index contributed by atoms with van der Waals surface area (Å²) in [5.74, 6) is 0.827. The number of hydrogen-bond donors (Lipinski definition) is 0. The van der Waals surface area contributed by atoms with Gasteiger partial charge in [-0.15, -0.1) is 0 Å². The van der Waals surface area contributed by atoms with Crippen molar-refractivity contribution in [3.8, 4) is 0 Å². The van der Waals surface area contributed by atoms with Gasteiger partial charge in [0.25, 0.3) is 0 Å². The molecule has 4 rings (SSSR count). The standard InChI is InChI=1S/C18H28O3/c1-4-21-15(20)6-5-14(19)18-9-13-7-16(2,11-18)10-17(3,8-13)12-18/h13H,4-12H2,1-3H3. The van der Waals surface area contributed by atoms with Crippen LogP contribution in [0.25, 0.3) is 0 Å². The number of ether oxygens (including phenoxy) is 1. The van der Waals surface area contributed by atoms with Crippen molar-refractivity contribution in [1.82, 2.24) is 0 Å². The third-order valence-corrected chi connectivity index (χ3v) is 6.08. The van der Waals surface area contributed by atoms with Gasteiger partial charge in [0.1, 0.15) is 5.78 Å². The van der Waals surface area contributed by atoms with Gasteiger partial charge in [0.15, 0.2) is 0 Å². The van der Waals surface area contributed by atoms with E-state index in [2.05, 4.69) is 13.8 Å². The monoisotopic (exact) mass is 292 g/mol. The lowest BCUT2D eigenvalue weighted by atomic mass is 9.39. The molecule has 0 spiro atoms. The number of esters is 1. The van der Waals surface area contributed by atoms with Crippen LogP contribution in [-0.4, -0.2) is 18.4 Å². The van der Waals surface area contributed by atoms with Crippen LogP contribution < -0.4 is 0 Å². The Morgan fingerprint density at radius 3 is 2.14 bits per heavy atom. The van der Waals surface area contributed by atoms with Crippen molar-refractivity contribution in [2.45, 2.75) is 72.1 Å². The highest BCUT2D eigenvalue weighted by Crippen LogP contribution is 2.69. The Labute approximate surface area is 127 Å². The first-order valence-corrected chi connectivity index (χ1v) is 8.47. The molecule has 4 bridgehead atoms. The fourth-order valence-electron chi connectivity index (χ4n) is 6.47. The van der Waals surface area contributed by atoms with E-state index >= 15 is 0 Å². The average Bonchev–Trinajstić information content (AvgIpc) is 2.31. The SMILES string of the molecule is CCOC(=O)CCC(=O)C12CC3CC(C)(CC(C)(C3)C1)C2. The summed E-state index contributed by atoms with van der Waals surface area (Å²) in [7, 11) is 0. The Hall–Kier alpha value is -0.860. The summed E-state index contributed by atoms with van der Waals surface area (Å²) in [5, 5.41) is 0. The van der Waals surface area contributed by atoms with Crippen molar-refractivity contribution in [3.63, 3.8) is 0 Å². The summed E-state index contributed by atoms with van der Waals surface area (Å²) in [5.41, 5.74) is 0.580. The van der Waals surface area contributed by atoms with E-state index in [1.54, 1.807) is 6.92 Å². The zero-order valence-corrected chi connectivity index (χ0v) is 13.7. The molecule has 0 N–H and O–H groups in total. The molecule has 3 heteroatoms. The molecule has 2 atom stereocenters. The summed E-state index contributed by atoms with van der Waals surface area (Å²) in [6, 6.07) is 0. The summed E-state index contributed by atoms with van der Waals surface area (Å²) >= 11 is 0. The zero-order chi connectivity index (χ0) is 15.3. The van der Waals surface area contributed by atoms with Gasteiger partial charge in [-0.3, -0.25) is 9.59 Å². The number of Topliss-reactive ketones (excluding diaryl/α,β-unsaturated/α-hetero) is 1. The molecule has 0 aliphatic heterocycles. The number of ketones is 1. The lowest BCUT2D eigenvalue weighted by Crippen LogP contribution is -2.57. The van der Waals surface area contributed by atoms with Crippen LogP contribution in [0.3, 0.4) is 0 Å². The van der Waals surface area contributed by atoms with Crippen molar-refractivity contribution < 1.29 is 14.3 Å². The van der Waals surface area contributed by atoms with E-state index in [4.69, 9.17) is 4.74 Å². The minimum Gasteiger partial charge on any atom is -0.466 e. The molecule has 0 amide bonds. The highest BCUT2D eigenvalue weighted by Gasteiger charge is 2.62. The predicted molar refractivity (Wildman–Crippen MR) is 80.7 cm³/mol. The van der Waals surface area contributed by atoms with E-state index < -0.39 is 0 Å². The van der Waals surface area contributed by atoms with Gasteiger partial charge in [-0.25, -0.2) is 0 Å². The van der Waals surface area contributed by atoms with E-state index in [9.17, 15) is 9.59 Å². The molecule has 0 aromatic heterocycles. The van der Waals surface area contributed by atoms with Gasteiger partial charge in [0.05, 0.1) is 13.0 Å². The third kappa shape index (κ3) is 2.64. The van der Waals surface area contributed by atoms with E-state index in [-0.39, 0.29) is 17.8 Å². The molecule has 0 heterocycles. The van der Waals surface area contributed by atoms with Crippen LogP contribution in [-0.2, 0) is 14.3 Å². The van der Waals surface area contributed by atoms with Crippen molar-refractivity contribution in [3.05, 3.63) is 0 Å². The minimum absolute atomic E-state index is 0.130. The van der Waals surface area contributed by atoms with Crippen molar-refractivity contribution in [2.24, 2.45) is 22.2 Å². The third-order valence-electron chi connectivity index (χ3n) is 6.08. The summed E-state index contributed by atoms with van der Waals surface area (Å²) < 4.78 is 4.96. The highest BCUT2D eigenvalue weighted by molar-refractivity contribution is 5.88. The van der Waals surface area contributed by atoms with Gasteiger partial charge in [0.2, 0.25) is 0 Å². The minimum atomic E-state index is -0.229. The van der Waals surface area contributed by atoms with Gasteiger partial charge < -0.3 is 4.74 Å². The maximum absolute atomic E-state index is 12.9. The Morgan fingerprint density at radius 2 is 1.62 bits per heavy atom. The molecule has 0 saturated heterocycles. The molecule has 4 saturated carbocycles. The number of hydrogen-bond acceptors (Lipinski definition) is 3. The second-order valence-electron chi connectivity index (χ2n) is 8.64. The van der Waals surface area contributed by atoms with Gasteiger partial charge in [0, 0.05) is 11.8 Å². The van der Waals surface area contributed by atoms with Crippen molar-refractivity contribution in [2.75, 3.05) is 6.61 Å². The first kappa shape index (κ1) is 15.1. The summed E-state index contributed by atoms with van der Waals surface area (Å²) in [4.78, 5) is 24.4. The fraction of sp³-hybridized carbons (Fsp3) is 0.889. The van der Waals surface area contributed by atoms with E-state index in [0.717, 1.165) is 25.2 Å². The molecule has 2 unspecified atom stereocenters. The number of carbonyl (C=O) groups is 2. The van der Waals surface area contributed by atoms with Gasteiger partial charge >= 0.3 is 5.97 Å². The van der Waals surface area contributed by atoms with Crippen LogP contribution >= 0.6 is 0 Å². The number of carbonyl (C=O) groups excluding carboxylic acids is 2. The molecule has 0 aromatic carbocycles. The maximum Gasteiger partial charge on any atom is 0.306 e. The van der Waals surface area contributed by atoms with Gasteiger partial charge in [-0.2, -0.15) is 0 Å². The van der Waals surface area contributed by atoms with Gasteiger partial charge in [-0.05, 0) is 62.2 Å². The van der Waals surface area contributed by atoms with Gasteiger partial charge in [-0.1, -0.05) is 13.8 Å². The molecule has 118 valence electrons. The Balaban J connectivity index is 1.72. The van der Waals surface area contributed by atoms with Crippen LogP contribution in [0.15, 0.2) is 0 Å². The largest absolute Gasteiger partial charge is 0.466 e. The predicted octanol–water partition coefficient (Wildman–Crippen LogP) is 3.90. The summed E-state index contributed by atoms with van der Waals surface area (Å²) in [6.45, 7) is 6.96. The van der Waals surface area contributed by atoms with Crippen LogP contribution in [0.2, 0.25) is 0 Å². The first-order chi connectivity index (χ1) is 9.78. The Kier molecular flexibility index (Phi) is 3.46. The second-order valence-corrected chi connectivity index (χ2v) is 8.64. The quantitative estimate of drug-likeness (QED) is 0.722. The lowest BCUT2D eigenvalue weighted by molar-refractivity contribution is -0.169. The molecule has 4 aliphatic rings. The summed E-state index contributed by atoms with van der Waals surface area (Å²) in [6.07, 6.45) is 7.68. The molecule has 21 heavy (non-hydrogen) atoms. The molecule has 4 aliphatic carbocycles. The first-order valence-electron chi connectivity index (χ1n) is 8.47. The normalized spacial score (nSPS) is 43.9. The molecule has 0 radical (unpaired) electrons. The Bertz CT molecular complexity index is 449. The van der Waals surface area contributed by atoms with Crippen molar-refractivity contribution in [1.29, 1.82) is 0 Å². The lowest BCUT2D eigenvalue weighted by Gasteiger charge is -2.64. The van der Waals surface area contributed by atoms with Crippen LogP contribution in [0, 0.1) is 22.2 Å². The van der Waals surface area contributed by atoms with Crippen LogP contribution in [0.4, 0.5) is 0 Å². The molecule has 4 fully saturated rings. The Morgan fingerprint density at radius 1 is 1.00 bits per heavy atom. The van der Waals surface area contributed by atoms with Crippen LogP contribution in [0.5, 0.6) is 0 Å². The molecule has 0 aromatic rings. The maximum atomic E-state index is 12.9. The van der Waals surface area contributed by atoms with E-state index in [0.29, 0.717) is 29.6 Å². The molecule has 3 nitrogen and oxygen atoms in total. The van der Waals surface area contributed by atoms with Crippen molar-refractivity contribution >= 4 is 11.8 Å². The average molecular weight is 292 g/mol. The van der Waals surface area contributed by atoms with E-state index in [1.165, 1.54) is 19.3 Å². The topological polar surface area (TPSA) is 43.4 Å². The van der Waals surface area contributed by atoms with Crippen LogP contribution in [0.1, 0.15) is 72.1 Å². The molecular formula is C18H28O3. The number of rotatable bonds is 5. The fourth-order valence-corrected chi connectivity index (χ4v) is 6.47. The second kappa shape index (κ2) is 4.82. The van der Waals surface area contributed by atoms with E-state index in [1.807, 2.05) is 0 Å². The zero-order valence-electron chi connectivity index (χ0n) is 13.7. The highest BCUT2D eigenvalue weighted by atomic mass is 16.5. The smallest absolute Gasteiger partial charge is 0.306 e. The molecular weight excluding hydrogens is 264 g/mol.